The van der Waals surface area contributed by atoms with Crippen molar-refractivity contribution in [1.29, 1.82) is 0 Å². The Kier molecular flexibility index (Phi) is 9.17. The van der Waals surface area contributed by atoms with Crippen LogP contribution in [-0.4, -0.2) is 11.7 Å². The van der Waals surface area contributed by atoms with E-state index in [-0.39, 0.29) is 10.8 Å². The maximum absolute atomic E-state index is 6.12. The van der Waals surface area contributed by atoms with Crippen LogP contribution in [0.2, 0.25) is 0 Å². The van der Waals surface area contributed by atoms with Crippen molar-refractivity contribution in [1.82, 2.24) is 0 Å². The average molecular weight is 606 g/mol. The lowest BCUT2D eigenvalue weighted by molar-refractivity contribution is 0.590. The quantitative estimate of drug-likeness (QED) is 0.157. The molecule has 0 aliphatic heterocycles. The van der Waals surface area contributed by atoms with E-state index in [0.29, 0.717) is 11.7 Å². The summed E-state index contributed by atoms with van der Waals surface area (Å²) >= 11 is 0. The van der Waals surface area contributed by atoms with Gasteiger partial charge in [0.2, 0.25) is 0 Å². The molecule has 46 heavy (non-hydrogen) atoms. The third kappa shape index (κ3) is 7.54. The second-order valence-electron chi connectivity index (χ2n) is 14.5. The predicted molar refractivity (Wildman–Crippen MR) is 200 cm³/mol. The lowest BCUT2D eigenvalue weighted by Gasteiger charge is -2.20. The average Bonchev–Trinajstić information content (AvgIpc) is 3.01. The van der Waals surface area contributed by atoms with Gasteiger partial charge < -0.3 is 5.73 Å². The molecule has 0 heterocycles. The lowest BCUT2D eigenvalue weighted by atomic mass is 9.85. The Hall–Kier alpha value is -4.76. The van der Waals surface area contributed by atoms with Crippen LogP contribution in [0.25, 0.3) is 33.4 Å². The minimum atomic E-state index is 0.0984. The molecule has 0 saturated carbocycles. The Labute approximate surface area is 276 Å². The summed E-state index contributed by atoms with van der Waals surface area (Å²) in [4.78, 5) is 9.73. The fraction of sp³-hybridized carbons (Fsp3) is 0.256. The Morgan fingerprint density at radius 3 is 1.39 bits per heavy atom. The molecule has 234 valence electrons. The van der Waals surface area contributed by atoms with Crippen molar-refractivity contribution in [3.05, 3.63) is 137 Å². The molecular formula is C43H47N3. The molecule has 0 amide bonds. The SMILES string of the molecule is CC(N)=NC(=Nc1c(C)cccc1C)c1cccc(-c2cc(-c3ccc(C(C)(C)C)cc3)cc(-c3ccc(C(C)(C)C)cc3)c2)c1. The molecule has 0 radical (unpaired) electrons. The zero-order valence-corrected chi connectivity index (χ0v) is 28.9. The summed E-state index contributed by atoms with van der Waals surface area (Å²) in [6, 6.07) is 39.6. The van der Waals surface area contributed by atoms with E-state index in [1.807, 2.05) is 0 Å². The van der Waals surface area contributed by atoms with Crippen molar-refractivity contribution in [2.75, 3.05) is 0 Å². The fourth-order valence-corrected chi connectivity index (χ4v) is 5.70. The first-order chi connectivity index (χ1) is 21.7. The van der Waals surface area contributed by atoms with E-state index in [1.165, 1.54) is 33.4 Å². The molecule has 0 spiro atoms. The summed E-state index contributed by atoms with van der Waals surface area (Å²) in [6.07, 6.45) is 0. The second-order valence-corrected chi connectivity index (χ2v) is 14.5. The highest BCUT2D eigenvalue weighted by atomic mass is 15.0. The second kappa shape index (κ2) is 12.9. The number of aryl methyl sites for hydroxylation is 2. The highest BCUT2D eigenvalue weighted by molar-refractivity contribution is 6.07. The maximum Gasteiger partial charge on any atom is 0.161 e. The van der Waals surface area contributed by atoms with Gasteiger partial charge in [-0.3, -0.25) is 0 Å². The topological polar surface area (TPSA) is 50.7 Å². The fourth-order valence-electron chi connectivity index (χ4n) is 5.70. The van der Waals surface area contributed by atoms with Gasteiger partial charge in [0.05, 0.1) is 11.5 Å². The Morgan fingerprint density at radius 2 is 0.957 bits per heavy atom. The molecule has 0 aliphatic rings. The largest absolute Gasteiger partial charge is 0.387 e. The van der Waals surface area contributed by atoms with Crippen molar-refractivity contribution in [2.24, 2.45) is 15.7 Å². The van der Waals surface area contributed by atoms with E-state index < -0.39 is 0 Å². The Bertz CT molecular complexity index is 1810. The van der Waals surface area contributed by atoms with Gasteiger partial charge in [-0.1, -0.05) is 126 Å². The van der Waals surface area contributed by atoms with Crippen LogP contribution in [0, 0.1) is 13.8 Å². The number of para-hydroxylation sites is 1. The zero-order valence-electron chi connectivity index (χ0n) is 28.9. The Morgan fingerprint density at radius 1 is 0.522 bits per heavy atom. The first-order valence-corrected chi connectivity index (χ1v) is 16.1. The molecule has 5 aromatic rings. The minimum absolute atomic E-state index is 0.0984. The van der Waals surface area contributed by atoms with Crippen molar-refractivity contribution >= 4 is 17.4 Å². The molecule has 0 unspecified atom stereocenters. The van der Waals surface area contributed by atoms with E-state index in [0.717, 1.165) is 33.5 Å². The molecule has 3 nitrogen and oxygen atoms in total. The van der Waals surface area contributed by atoms with E-state index in [9.17, 15) is 0 Å². The van der Waals surface area contributed by atoms with E-state index >= 15 is 0 Å². The summed E-state index contributed by atoms with van der Waals surface area (Å²) in [6.45, 7) is 19.5. The van der Waals surface area contributed by atoms with Crippen molar-refractivity contribution in [3.8, 4) is 33.4 Å². The van der Waals surface area contributed by atoms with E-state index in [2.05, 4.69) is 165 Å². The van der Waals surface area contributed by atoms with Crippen molar-refractivity contribution < 1.29 is 0 Å². The van der Waals surface area contributed by atoms with Crippen molar-refractivity contribution in [2.45, 2.75) is 73.1 Å². The maximum atomic E-state index is 6.12. The van der Waals surface area contributed by atoms with Crippen LogP contribution in [0.5, 0.6) is 0 Å². The third-order valence-corrected chi connectivity index (χ3v) is 8.50. The van der Waals surface area contributed by atoms with Crippen LogP contribution in [-0.2, 0) is 10.8 Å². The van der Waals surface area contributed by atoms with Gasteiger partial charge in [0.25, 0.3) is 0 Å². The summed E-state index contributed by atoms with van der Waals surface area (Å²) in [5.74, 6) is 1.07. The van der Waals surface area contributed by atoms with Crippen LogP contribution in [0.3, 0.4) is 0 Å². The number of nitrogens with zero attached hydrogens (tertiary/aromatic N) is 2. The van der Waals surface area contributed by atoms with Gasteiger partial charge in [-0.25, -0.2) is 9.98 Å². The predicted octanol–water partition coefficient (Wildman–Crippen LogP) is 11.4. The minimum Gasteiger partial charge on any atom is -0.387 e. The summed E-state index contributed by atoms with van der Waals surface area (Å²) in [5.41, 5.74) is 20.0. The molecule has 0 aromatic heterocycles. The molecule has 5 rings (SSSR count). The molecule has 2 N–H and O–H groups in total. The Balaban J connectivity index is 1.66. The molecule has 0 aliphatic carbocycles. The number of hydrogen-bond acceptors (Lipinski definition) is 1. The summed E-state index contributed by atoms with van der Waals surface area (Å²) < 4.78 is 0. The first kappa shape index (κ1) is 32.6. The first-order valence-electron chi connectivity index (χ1n) is 16.1. The molecule has 0 bridgehead atoms. The highest BCUT2D eigenvalue weighted by Gasteiger charge is 2.16. The van der Waals surface area contributed by atoms with E-state index in [1.54, 1.807) is 6.92 Å². The highest BCUT2D eigenvalue weighted by Crippen LogP contribution is 2.35. The number of amidine groups is 2. The zero-order chi connectivity index (χ0) is 33.2. The van der Waals surface area contributed by atoms with Crippen LogP contribution >= 0.6 is 0 Å². The van der Waals surface area contributed by atoms with Crippen LogP contribution < -0.4 is 5.73 Å². The van der Waals surface area contributed by atoms with Gasteiger partial charge in [-0.2, -0.15) is 0 Å². The molecule has 3 heteroatoms. The lowest BCUT2D eigenvalue weighted by Crippen LogP contribution is -2.10. The summed E-state index contributed by atoms with van der Waals surface area (Å²) in [7, 11) is 0. The molecule has 5 aromatic carbocycles. The summed E-state index contributed by atoms with van der Waals surface area (Å²) in [5, 5.41) is 0. The number of aliphatic imine (C=N–C) groups is 2. The van der Waals surface area contributed by atoms with Crippen LogP contribution in [0.15, 0.2) is 119 Å². The standard InChI is InChI=1S/C43H47N3/c1-28-12-10-13-29(2)40(28)46-41(45-30(3)44)34-15-11-14-33(24-34)37-26-35(31-16-20-38(21-17-31)42(4,5)6)25-36(27-37)32-18-22-39(23-19-32)43(7,8)9/h10-27H,1-9H3,(H2,44,45,46). The normalized spacial score (nSPS) is 12.8. The van der Waals surface area contributed by atoms with Gasteiger partial charge in [0.15, 0.2) is 5.84 Å². The number of benzene rings is 5. The smallest absolute Gasteiger partial charge is 0.161 e. The van der Waals surface area contributed by atoms with Crippen LogP contribution in [0.4, 0.5) is 5.69 Å². The third-order valence-electron chi connectivity index (χ3n) is 8.50. The number of nitrogens with two attached hydrogens (primary N) is 1. The molecule has 0 fully saturated rings. The number of rotatable bonds is 5. The van der Waals surface area contributed by atoms with Gasteiger partial charge in [-0.05, 0) is 112 Å². The van der Waals surface area contributed by atoms with Gasteiger partial charge in [0, 0.05) is 5.56 Å². The molecule has 0 atom stereocenters. The molecule has 0 saturated heterocycles. The van der Waals surface area contributed by atoms with Gasteiger partial charge in [-0.15, -0.1) is 0 Å². The number of hydrogen-bond donors (Lipinski definition) is 1. The van der Waals surface area contributed by atoms with Gasteiger partial charge >= 0.3 is 0 Å². The van der Waals surface area contributed by atoms with E-state index in [4.69, 9.17) is 15.7 Å². The van der Waals surface area contributed by atoms with Crippen molar-refractivity contribution in [3.63, 3.8) is 0 Å². The molecular weight excluding hydrogens is 558 g/mol. The monoisotopic (exact) mass is 605 g/mol. The van der Waals surface area contributed by atoms with Crippen LogP contribution in [0.1, 0.15) is 76.3 Å². The van der Waals surface area contributed by atoms with Gasteiger partial charge in [0.1, 0.15) is 0 Å².